The molecule has 1 unspecified atom stereocenters. The van der Waals surface area contributed by atoms with Crippen LogP contribution in [0.15, 0.2) is 42.5 Å². The number of unbranched alkanes of at least 4 members (excludes halogenated alkanes) is 1. The summed E-state index contributed by atoms with van der Waals surface area (Å²) in [5.74, 6) is -0.316. The van der Waals surface area contributed by atoms with E-state index >= 15 is 0 Å². The Morgan fingerprint density at radius 2 is 1.71 bits per heavy atom. The van der Waals surface area contributed by atoms with E-state index in [4.69, 9.17) is 11.6 Å². The molecule has 0 spiro atoms. The number of hydrogen-bond acceptors (Lipinski definition) is 4. The highest BCUT2D eigenvalue weighted by Gasteiger charge is 2.43. The monoisotopic (exact) mass is 663 g/mol. The molecule has 0 bridgehead atoms. The fourth-order valence-corrected chi connectivity index (χ4v) is 5.48. The second-order valence-corrected chi connectivity index (χ2v) is 11.2. The summed E-state index contributed by atoms with van der Waals surface area (Å²) in [5.41, 5.74) is -2.68. The van der Waals surface area contributed by atoms with Crippen LogP contribution in [0.1, 0.15) is 54.9 Å². The highest BCUT2D eigenvalue weighted by molar-refractivity contribution is 6.30. The fourth-order valence-electron chi connectivity index (χ4n) is 5.27. The first-order valence-corrected chi connectivity index (χ1v) is 14.8. The number of hydrogen-bond donors (Lipinski definition) is 2. The van der Waals surface area contributed by atoms with Gasteiger partial charge in [-0.25, -0.2) is 4.79 Å². The zero-order valence-electron chi connectivity index (χ0n) is 24.8. The van der Waals surface area contributed by atoms with E-state index in [0.717, 1.165) is 12.0 Å². The van der Waals surface area contributed by atoms with E-state index in [2.05, 4.69) is 10.6 Å². The van der Waals surface area contributed by atoms with Gasteiger partial charge in [0.05, 0.1) is 17.7 Å². The standard InChI is InChI=1S/C30H36ClF6N5O3/c1-3-11-41(28(45)39-16-21-12-22(29(32,33)34)15-23(13-21)30(35,36)37)26-18-40(17-20-7-6-8-24(31)14-20)27(44)25(42(26)19-43)9-4-5-10-38-2/h6-8,12-15,19,25-26,38H,3-5,9-11,16-18H2,1-2H3,(H,39,45)/t25-,26?/m0/s1. The van der Waals surface area contributed by atoms with Gasteiger partial charge >= 0.3 is 18.4 Å². The molecule has 0 saturated carbocycles. The predicted octanol–water partition coefficient (Wildman–Crippen LogP) is 5.88. The van der Waals surface area contributed by atoms with Gasteiger partial charge in [0.2, 0.25) is 12.3 Å². The van der Waals surface area contributed by atoms with E-state index in [9.17, 15) is 40.7 Å². The molecule has 15 heteroatoms. The molecule has 2 aromatic carbocycles. The quantitative estimate of drug-likeness (QED) is 0.159. The van der Waals surface area contributed by atoms with Gasteiger partial charge in [0.15, 0.2) is 0 Å². The second kappa shape index (κ2) is 15.7. The normalized spacial score (nSPS) is 17.4. The molecule has 0 aliphatic carbocycles. The van der Waals surface area contributed by atoms with Crippen molar-refractivity contribution < 1.29 is 40.7 Å². The average Bonchev–Trinajstić information content (AvgIpc) is 2.97. The van der Waals surface area contributed by atoms with Crippen molar-refractivity contribution in [3.63, 3.8) is 0 Å². The number of nitrogens with one attached hydrogen (secondary N) is 2. The van der Waals surface area contributed by atoms with Crippen molar-refractivity contribution in [2.45, 2.75) is 70.3 Å². The molecule has 1 fully saturated rings. The molecule has 1 saturated heterocycles. The molecule has 8 nitrogen and oxygen atoms in total. The van der Waals surface area contributed by atoms with Gasteiger partial charge in [-0.15, -0.1) is 0 Å². The maximum Gasteiger partial charge on any atom is 0.416 e. The van der Waals surface area contributed by atoms with Crippen molar-refractivity contribution >= 4 is 29.9 Å². The summed E-state index contributed by atoms with van der Waals surface area (Å²) in [6.07, 6.45) is -8.50. The molecule has 2 aromatic rings. The first-order chi connectivity index (χ1) is 21.2. The maximum absolute atomic E-state index is 13.7. The highest BCUT2D eigenvalue weighted by Crippen LogP contribution is 2.36. The highest BCUT2D eigenvalue weighted by atomic mass is 35.5. The molecule has 1 aliphatic rings. The van der Waals surface area contributed by atoms with Crippen molar-refractivity contribution in [1.82, 2.24) is 25.3 Å². The second-order valence-electron chi connectivity index (χ2n) is 10.8. The van der Waals surface area contributed by atoms with Crippen LogP contribution in [-0.2, 0) is 35.0 Å². The predicted molar refractivity (Wildman–Crippen MR) is 156 cm³/mol. The fraction of sp³-hybridized carbons (Fsp3) is 0.500. The van der Waals surface area contributed by atoms with Gasteiger partial charge in [-0.2, -0.15) is 26.3 Å². The smallest absolute Gasteiger partial charge is 0.334 e. The number of alkyl halides is 6. The van der Waals surface area contributed by atoms with E-state index in [-0.39, 0.29) is 31.6 Å². The van der Waals surface area contributed by atoms with Crippen LogP contribution < -0.4 is 10.6 Å². The molecule has 4 amide bonds. The number of carbonyl (C=O) groups is 3. The molecule has 3 rings (SSSR count). The Labute approximate surface area is 262 Å². The zero-order valence-corrected chi connectivity index (χ0v) is 25.6. The summed E-state index contributed by atoms with van der Waals surface area (Å²) < 4.78 is 80.2. The lowest BCUT2D eigenvalue weighted by Gasteiger charge is -2.48. The van der Waals surface area contributed by atoms with E-state index in [0.29, 0.717) is 49.4 Å². The van der Waals surface area contributed by atoms with Gasteiger partial charge in [0, 0.05) is 24.7 Å². The van der Waals surface area contributed by atoms with E-state index in [1.54, 1.807) is 38.2 Å². The van der Waals surface area contributed by atoms with Crippen LogP contribution in [0.2, 0.25) is 5.02 Å². The molecule has 2 N–H and O–H groups in total. The van der Waals surface area contributed by atoms with E-state index < -0.39 is 53.8 Å². The first-order valence-electron chi connectivity index (χ1n) is 14.4. The molecular formula is C30H36ClF6N5O3. The van der Waals surface area contributed by atoms with Crippen LogP contribution in [0.5, 0.6) is 0 Å². The summed E-state index contributed by atoms with van der Waals surface area (Å²) in [6.45, 7) is 1.96. The number of urea groups is 1. The third kappa shape index (κ3) is 9.73. The summed E-state index contributed by atoms with van der Waals surface area (Å²) in [4.78, 5) is 43.7. The van der Waals surface area contributed by atoms with Crippen molar-refractivity contribution in [2.24, 2.45) is 0 Å². The largest absolute Gasteiger partial charge is 0.416 e. The van der Waals surface area contributed by atoms with Gasteiger partial charge < -0.3 is 25.3 Å². The van der Waals surface area contributed by atoms with Gasteiger partial charge in [0.25, 0.3) is 0 Å². The summed E-state index contributed by atoms with van der Waals surface area (Å²) in [7, 11) is 1.79. The minimum atomic E-state index is -5.04. The number of piperazine rings is 1. The minimum Gasteiger partial charge on any atom is -0.334 e. The van der Waals surface area contributed by atoms with E-state index in [1.807, 2.05) is 0 Å². The lowest BCUT2D eigenvalue weighted by atomic mass is 10.0. The van der Waals surface area contributed by atoms with Crippen molar-refractivity contribution in [2.75, 3.05) is 26.7 Å². The van der Waals surface area contributed by atoms with Gasteiger partial charge in [0.1, 0.15) is 12.2 Å². The SMILES string of the molecule is CCCN(C(=O)NCc1cc(C(F)(F)F)cc(C(F)(F)F)c1)C1CN(Cc2cccc(Cl)c2)C(=O)[C@H](CCCCNC)N1C=O. The average molecular weight is 664 g/mol. The Kier molecular flexibility index (Phi) is 12.5. The van der Waals surface area contributed by atoms with Crippen LogP contribution in [0.25, 0.3) is 0 Å². The minimum absolute atomic E-state index is 0.0148. The van der Waals surface area contributed by atoms with Crippen molar-refractivity contribution in [3.8, 4) is 0 Å². The van der Waals surface area contributed by atoms with Crippen molar-refractivity contribution in [1.29, 1.82) is 0 Å². The molecule has 248 valence electrons. The number of halogens is 7. The molecular weight excluding hydrogens is 628 g/mol. The van der Waals surface area contributed by atoms with Gasteiger partial charge in [-0.05, 0) is 80.7 Å². The number of nitrogens with zero attached hydrogens (tertiary/aromatic N) is 3. The topological polar surface area (TPSA) is 85.0 Å². The molecule has 0 aromatic heterocycles. The maximum atomic E-state index is 13.7. The van der Waals surface area contributed by atoms with Crippen LogP contribution in [-0.4, -0.2) is 71.9 Å². The van der Waals surface area contributed by atoms with E-state index in [1.165, 1.54) is 14.7 Å². The summed E-state index contributed by atoms with van der Waals surface area (Å²) in [6, 6.07) is 6.27. The number of benzene rings is 2. The zero-order chi connectivity index (χ0) is 33.4. The van der Waals surface area contributed by atoms with Crippen LogP contribution in [0.3, 0.4) is 0 Å². The molecule has 2 atom stereocenters. The lowest BCUT2D eigenvalue weighted by molar-refractivity contribution is -0.156. The summed E-state index contributed by atoms with van der Waals surface area (Å²) in [5, 5.41) is 5.90. The number of carbonyl (C=O) groups excluding carboxylic acids is 3. The molecule has 1 aliphatic heterocycles. The van der Waals surface area contributed by atoms with Gasteiger partial charge in [-0.1, -0.05) is 30.7 Å². The van der Waals surface area contributed by atoms with Crippen LogP contribution in [0.4, 0.5) is 31.1 Å². The Morgan fingerprint density at radius 1 is 1.04 bits per heavy atom. The van der Waals surface area contributed by atoms with Crippen molar-refractivity contribution in [3.05, 3.63) is 69.7 Å². The Bertz CT molecular complexity index is 1290. The number of rotatable bonds is 13. The van der Waals surface area contributed by atoms with Crippen LogP contribution >= 0.6 is 11.6 Å². The molecule has 1 heterocycles. The Morgan fingerprint density at radius 3 is 2.27 bits per heavy atom. The molecule has 0 radical (unpaired) electrons. The summed E-state index contributed by atoms with van der Waals surface area (Å²) >= 11 is 6.14. The van der Waals surface area contributed by atoms with Gasteiger partial charge in [-0.3, -0.25) is 9.59 Å². The third-order valence-electron chi connectivity index (χ3n) is 7.40. The van der Waals surface area contributed by atoms with Crippen LogP contribution in [0, 0.1) is 0 Å². The third-order valence-corrected chi connectivity index (χ3v) is 7.63. The lowest BCUT2D eigenvalue weighted by Crippen LogP contribution is -2.67. The first kappa shape index (κ1) is 36.0. The Hall–Kier alpha value is -3.52. The number of amides is 4. The molecule has 45 heavy (non-hydrogen) atoms. The Balaban J connectivity index is 1.91.